The highest BCUT2D eigenvalue weighted by molar-refractivity contribution is 6.93. The van der Waals surface area contributed by atoms with Crippen molar-refractivity contribution < 1.29 is 50.6 Å². The molecule has 312 valence electrons. The van der Waals surface area contributed by atoms with Crippen molar-refractivity contribution >= 4 is 93.7 Å². The van der Waals surface area contributed by atoms with E-state index in [1.165, 1.54) is 0 Å². The first kappa shape index (κ1) is 51.9. The lowest BCUT2D eigenvalue weighted by molar-refractivity contribution is 0.116. The first-order chi connectivity index (χ1) is 22.6. The molecule has 52 heavy (non-hydrogen) atoms. The molecule has 0 N–H and O–H groups in total. The molecule has 1 heterocycles. The lowest BCUT2D eigenvalue weighted by atomic mass is 10.5. The van der Waals surface area contributed by atoms with Gasteiger partial charge in [-0.3, -0.25) is 0 Å². The molecule has 0 amide bonds. The Morgan fingerprint density at radius 3 is 0.885 bits per heavy atom. The summed E-state index contributed by atoms with van der Waals surface area (Å²) < 4.78 is 78.3. The van der Waals surface area contributed by atoms with Crippen molar-refractivity contribution in [2.45, 2.75) is 169 Å². The summed E-state index contributed by atoms with van der Waals surface area (Å²) in [5, 5.41) is 0. The van der Waals surface area contributed by atoms with Gasteiger partial charge in [-0.2, -0.15) is 0 Å². The molecule has 0 aromatic heterocycles. The van der Waals surface area contributed by atoms with Gasteiger partial charge in [-0.05, 0) is 163 Å². The first-order valence-corrected chi connectivity index (χ1v) is 50.7. The average molecular weight is 930 g/mol. The zero-order valence-electron chi connectivity index (χ0n) is 37.5. The fourth-order valence-electron chi connectivity index (χ4n) is 7.36. The third-order valence-electron chi connectivity index (χ3n) is 6.78. The zero-order valence-corrected chi connectivity index (χ0v) is 48.5. The number of hydrogen-bond acceptors (Lipinski definition) is 12. The summed E-state index contributed by atoms with van der Waals surface area (Å²) in [6, 6.07) is 1.02. The van der Waals surface area contributed by atoms with Crippen LogP contribution in [0.25, 0.3) is 0 Å². The largest absolute Gasteiger partial charge is 0.437 e. The van der Waals surface area contributed by atoms with Gasteiger partial charge < -0.3 is 50.6 Å². The Labute approximate surface area is 331 Å². The van der Waals surface area contributed by atoms with Gasteiger partial charge in [0.15, 0.2) is 16.6 Å². The van der Waals surface area contributed by atoms with E-state index in [4.69, 9.17) is 50.6 Å². The Balaban J connectivity index is 2.80. The molecule has 1 unspecified atom stereocenters. The topological polar surface area (TPSA) is 114 Å². The summed E-state index contributed by atoms with van der Waals surface area (Å²) in [6.45, 7) is 51.0. The van der Waals surface area contributed by atoms with Gasteiger partial charge >= 0.3 is 77.0 Å². The van der Waals surface area contributed by atoms with Gasteiger partial charge in [-0.15, -0.1) is 0 Å². The number of ether oxygens (including phenoxy) is 2. The van der Waals surface area contributed by atoms with Gasteiger partial charge in [0.25, 0.3) is 0 Å². The predicted molar refractivity (Wildman–Crippen MR) is 239 cm³/mol. The van der Waals surface area contributed by atoms with Crippen molar-refractivity contribution in [2.75, 3.05) is 19.8 Å². The standard InChI is InChI=1S/C29H80O12Si11/c1-42(2,3)32-44(6,7)34-46(10,11)36-48(14,15)38-50(18,19)40-52(22,23)41-51(20,21)39-49(16,17)37-47(12,13)35-45(8,9)33-43(4,5)26-24-25-30-27-29-28-31-29/h29H,24-28H2,1-23H3. The molecule has 0 bridgehead atoms. The first-order valence-electron chi connectivity index (χ1n) is 18.9. The summed E-state index contributed by atoms with van der Waals surface area (Å²) in [5.74, 6) is 0. The van der Waals surface area contributed by atoms with Crippen LogP contribution in [0.2, 0.25) is 157 Å². The van der Waals surface area contributed by atoms with Crippen molar-refractivity contribution in [1.82, 2.24) is 0 Å². The van der Waals surface area contributed by atoms with Gasteiger partial charge in [0.1, 0.15) is 6.10 Å². The number of epoxide rings is 1. The zero-order chi connectivity index (χ0) is 41.1. The molecule has 0 aromatic rings. The highest BCUT2D eigenvalue weighted by Crippen LogP contribution is 2.31. The molecule has 1 saturated heterocycles. The molecule has 1 rings (SSSR count). The second kappa shape index (κ2) is 18.4. The van der Waals surface area contributed by atoms with Crippen molar-refractivity contribution in [3.63, 3.8) is 0 Å². The van der Waals surface area contributed by atoms with E-state index in [9.17, 15) is 0 Å². The Bertz CT molecular complexity index is 1130. The van der Waals surface area contributed by atoms with E-state index in [2.05, 4.69) is 151 Å². The summed E-state index contributed by atoms with van der Waals surface area (Å²) in [5.41, 5.74) is 0. The lowest BCUT2D eigenvalue weighted by Gasteiger charge is -2.45. The second-order valence-electron chi connectivity index (χ2n) is 19.6. The van der Waals surface area contributed by atoms with Crippen molar-refractivity contribution in [2.24, 2.45) is 0 Å². The molecule has 1 fully saturated rings. The third kappa shape index (κ3) is 24.6. The maximum absolute atomic E-state index is 6.82. The van der Waals surface area contributed by atoms with E-state index in [1.54, 1.807) is 0 Å². The van der Waals surface area contributed by atoms with Crippen LogP contribution in [0.4, 0.5) is 0 Å². The molecular weight excluding hydrogens is 849 g/mol. The molecule has 1 atom stereocenters. The Morgan fingerprint density at radius 2 is 0.635 bits per heavy atom. The van der Waals surface area contributed by atoms with Crippen LogP contribution >= 0.6 is 0 Å². The van der Waals surface area contributed by atoms with Crippen LogP contribution in [0.15, 0.2) is 0 Å². The minimum Gasteiger partial charge on any atom is -0.437 e. The molecule has 23 heteroatoms. The highest BCUT2D eigenvalue weighted by Gasteiger charge is 2.51. The smallest absolute Gasteiger partial charge is 0.314 e. The highest BCUT2D eigenvalue weighted by atomic mass is 28.5. The van der Waals surface area contributed by atoms with E-state index in [0.29, 0.717) is 12.7 Å². The van der Waals surface area contributed by atoms with E-state index in [1.807, 2.05) is 0 Å². The van der Waals surface area contributed by atoms with Gasteiger partial charge in [-0.25, -0.2) is 0 Å². The van der Waals surface area contributed by atoms with Crippen LogP contribution in [-0.4, -0.2) is 120 Å². The quantitative estimate of drug-likeness (QED) is 0.0468. The monoisotopic (exact) mass is 928 g/mol. The Hall–Kier alpha value is 1.91. The van der Waals surface area contributed by atoms with Crippen LogP contribution in [0.1, 0.15) is 6.42 Å². The van der Waals surface area contributed by atoms with Gasteiger partial charge in [0.2, 0.25) is 0 Å². The van der Waals surface area contributed by atoms with E-state index >= 15 is 0 Å². The summed E-state index contributed by atoms with van der Waals surface area (Å²) in [4.78, 5) is 0. The Kier molecular flexibility index (Phi) is 18.4. The van der Waals surface area contributed by atoms with Crippen molar-refractivity contribution in [1.29, 1.82) is 0 Å². The van der Waals surface area contributed by atoms with Crippen LogP contribution in [-0.2, 0) is 50.6 Å². The van der Waals surface area contributed by atoms with E-state index in [0.717, 1.165) is 25.7 Å². The Morgan fingerprint density at radius 1 is 0.385 bits per heavy atom. The molecule has 0 aromatic carbocycles. The van der Waals surface area contributed by atoms with Gasteiger partial charge in [-0.1, -0.05) is 0 Å². The van der Waals surface area contributed by atoms with E-state index < -0.39 is 93.7 Å². The SMILES string of the molecule is C[Si](C)(C)O[Si](C)(C)O[Si](C)(C)O[Si](C)(C)O[Si](C)(C)O[Si](C)(C)O[Si](C)(C)O[Si](C)(C)O[Si](C)(C)O[Si](C)(C)O[Si](C)(C)CCCOCC1CO1. The number of rotatable bonds is 26. The lowest BCUT2D eigenvalue weighted by Crippen LogP contribution is -2.62. The average Bonchev–Trinajstić information content (AvgIpc) is 3.52. The molecule has 0 aliphatic carbocycles. The second-order valence-corrected chi connectivity index (χ2v) is 61.2. The summed E-state index contributed by atoms with van der Waals surface area (Å²) in [6.07, 6.45) is 1.28. The molecule has 0 spiro atoms. The van der Waals surface area contributed by atoms with Crippen LogP contribution in [0.5, 0.6) is 0 Å². The third-order valence-corrected chi connectivity index (χ3v) is 48.4. The normalized spacial score (nSPS) is 17.9. The van der Waals surface area contributed by atoms with Gasteiger partial charge in [0, 0.05) is 6.61 Å². The van der Waals surface area contributed by atoms with Gasteiger partial charge in [0.05, 0.1) is 13.2 Å². The van der Waals surface area contributed by atoms with Crippen LogP contribution in [0, 0.1) is 0 Å². The maximum Gasteiger partial charge on any atom is 0.314 e. The minimum atomic E-state index is -2.71. The molecule has 1 aliphatic rings. The summed E-state index contributed by atoms with van der Waals surface area (Å²) >= 11 is 0. The number of hydrogen-bond donors (Lipinski definition) is 0. The molecule has 12 nitrogen and oxygen atoms in total. The summed E-state index contributed by atoms with van der Waals surface area (Å²) in [7, 11) is -27.1. The van der Waals surface area contributed by atoms with Crippen molar-refractivity contribution in [3.05, 3.63) is 0 Å². The minimum absolute atomic E-state index is 0.301. The molecule has 0 saturated carbocycles. The molecular formula is C29H80O12Si11. The molecule has 1 aliphatic heterocycles. The fourth-order valence-corrected chi connectivity index (χ4v) is 62.7. The fraction of sp³-hybridized carbons (Fsp3) is 1.00. The maximum atomic E-state index is 6.82. The predicted octanol–water partition coefficient (Wildman–Crippen LogP) is 9.31. The van der Waals surface area contributed by atoms with Crippen molar-refractivity contribution in [3.8, 4) is 0 Å². The molecule has 0 radical (unpaired) electrons. The van der Waals surface area contributed by atoms with E-state index in [-0.39, 0.29) is 0 Å². The van der Waals surface area contributed by atoms with Crippen LogP contribution in [0.3, 0.4) is 0 Å². The van der Waals surface area contributed by atoms with Crippen LogP contribution < -0.4 is 0 Å².